The van der Waals surface area contributed by atoms with E-state index in [0.29, 0.717) is 0 Å². The summed E-state index contributed by atoms with van der Waals surface area (Å²) in [4.78, 5) is 59.1. The van der Waals surface area contributed by atoms with Crippen LogP contribution in [0, 0.1) is 10.1 Å². The summed E-state index contributed by atoms with van der Waals surface area (Å²) in [7, 11) is 0. The molecule has 0 unspecified atom stereocenters. The lowest BCUT2D eigenvalue weighted by Crippen LogP contribution is -2.41. The van der Waals surface area contributed by atoms with Crippen LogP contribution in [-0.2, 0) is 19.2 Å². The van der Waals surface area contributed by atoms with E-state index in [1.165, 1.54) is 0 Å². The van der Waals surface area contributed by atoms with E-state index in [1.54, 1.807) is 20.8 Å². The Morgan fingerprint density at radius 2 is 1.70 bits per heavy atom. The number of esters is 1. The standard InChI is InChI=1S/C22H30N4O7/c1-22(2,3)25-20(29)12-18(27)24-16-11-15(26(31)32)9-10-17(16)33-21(30)13-19(28)23-14-7-5-4-6-8-14/h9-11,14H,4-8,12-13H2,1-3H3,(H,23,28)(H,24,27)(H,25,29). The van der Waals surface area contributed by atoms with Crippen molar-refractivity contribution < 1.29 is 28.8 Å². The molecule has 180 valence electrons. The highest BCUT2D eigenvalue weighted by Crippen LogP contribution is 2.30. The lowest BCUT2D eigenvalue weighted by Gasteiger charge is -2.22. The van der Waals surface area contributed by atoms with Crippen LogP contribution < -0.4 is 20.7 Å². The average molecular weight is 463 g/mol. The number of hydrogen-bond donors (Lipinski definition) is 3. The second-order valence-corrected chi connectivity index (χ2v) is 9.01. The Morgan fingerprint density at radius 3 is 2.30 bits per heavy atom. The SMILES string of the molecule is CC(C)(C)NC(=O)CC(=O)Nc1cc([N+](=O)[O-])ccc1OC(=O)CC(=O)NC1CCCCC1. The number of nitrogens with zero attached hydrogens (tertiary/aromatic N) is 1. The Morgan fingerprint density at radius 1 is 1.03 bits per heavy atom. The zero-order valence-corrected chi connectivity index (χ0v) is 19.1. The Bertz CT molecular complexity index is 918. The number of amides is 3. The van der Waals surface area contributed by atoms with Crippen LogP contribution in [-0.4, -0.2) is 40.2 Å². The van der Waals surface area contributed by atoms with Crippen LogP contribution in [0.1, 0.15) is 65.7 Å². The van der Waals surface area contributed by atoms with Crippen molar-refractivity contribution in [3.63, 3.8) is 0 Å². The second kappa shape index (κ2) is 11.4. The average Bonchev–Trinajstić information content (AvgIpc) is 2.68. The molecule has 3 N–H and O–H groups in total. The number of nitrogens with one attached hydrogen (secondary N) is 3. The summed E-state index contributed by atoms with van der Waals surface area (Å²) in [5.41, 5.74) is -1.04. The largest absolute Gasteiger partial charge is 0.424 e. The van der Waals surface area contributed by atoms with Gasteiger partial charge in [-0.1, -0.05) is 19.3 Å². The van der Waals surface area contributed by atoms with E-state index in [-0.39, 0.29) is 23.2 Å². The molecule has 0 aliphatic heterocycles. The van der Waals surface area contributed by atoms with Gasteiger partial charge in [-0.05, 0) is 39.7 Å². The minimum absolute atomic E-state index is 0.0347. The number of hydrogen-bond acceptors (Lipinski definition) is 7. The fourth-order valence-electron chi connectivity index (χ4n) is 3.44. The Hall–Kier alpha value is -3.50. The molecule has 1 fully saturated rings. The van der Waals surface area contributed by atoms with E-state index >= 15 is 0 Å². The monoisotopic (exact) mass is 462 g/mol. The number of nitro groups is 1. The molecule has 1 aromatic carbocycles. The van der Waals surface area contributed by atoms with Crippen LogP contribution >= 0.6 is 0 Å². The van der Waals surface area contributed by atoms with Gasteiger partial charge in [0.15, 0.2) is 5.75 Å². The van der Waals surface area contributed by atoms with Gasteiger partial charge >= 0.3 is 5.97 Å². The number of anilines is 1. The molecule has 1 aliphatic carbocycles. The first-order chi connectivity index (χ1) is 15.4. The van der Waals surface area contributed by atoms with Gasteiger partial charge in [-0.25, -0.2) is 0 Å². The van der Waals surface area contributed by atoms with Crippen LogP contribution in [0.2, 0.25) is 0 Å². The Labute approximate surface area is 191 Å². The molecule has 1 aromatic rings. The molecule has 2 rings (SSSR count). The molecule has 11 heteroatoms. The molecule has 0 atom stereocenters. The van der Waals surface area contributed by atoms with Gasteiger partial charge in [-0.3, -0.25) is 29.3 Å². The normalized spacial score (nSPS) is 14.2. The molecule has 0 radical (unpaired) electrons. The van der Waals surface area contributed by atoms with Crippen LogP contribution in [0.15, 0.2) is 18.2 Å². The molecule has 1 aliphatic rings. The Balaban J connectivity index is 2.04. The third kappa shape index (κ3) is 9.26. The van der Waals surface area contributed by atoms with Gasteiger partial charge in [-0.2, -0.15) is 0 Å². The molecule has 0 spiro atoms. The summed E-state index contributed by atoms with van der Waals surface area (Å²) in [6.07, 6.45) is 3.83. The van der Waals surface area contributed by atoms with E-state index in [1.807, 2.05) is 0 Å². The number of benzene rings is 1. The summed E-state index contributed by atoms with van der Waals surface area (Å²) in [6, 6.07) is 3.31. The summed E-state index contributed by atoms with van der Waals surface area (Å²) in [5.74, 6) is -2.80. The van der Waals surface area contributed by atoms with E-state index in [0.717, 1.165) is 50.3 Å². The third-order valence-electron chi connectivity index (χ3n) is 4.78. The molecular formula is C22H30N4O7. The lowest BCUT2D eigenvalue weighted by atomic mass is 9.95. The summed E-state index contributed by atoms with van der Waals surface area (Å²) >= 11 is 0. The van der Waals surface area contributed by atoms with Crippen molar-refractivity contribution in [2.45, 2.75) is 77.3 Å². The fourth-order valence-corrected chi connectivity index (χ4v) is 3.44. The van der Waals surface area contributed by atoms with Gasteiger partial charge < -0.3 is 20.7 Å². The number of non-ortho nitro benzene ring substituents is 1. The molecule has 11 nitrogen and oxygen atoms in total. The number of carbonyl (C=O) groups is 4. The highest BCUT2D eigenvalue weighted by Gasteiger charge is 2.22. The smallest absolute Gasteiger partial charge is 0.320 e. The van der Waals surface area contributed by atoms with Crippen LogP contribution in [0.4, 0.5) is 11.4 Å². The molecule has 0 aromatic heterocycles. The number of carbonyl (C=O) groups excluding carboxylic acids is 4. The molecule has 1 saturated carbocycles. The van der Waals surface area contributed by atoms with E-state index in [2.05, 4.69) is 16.0 Å². The van der Waals surface area contributed by atoms with E-state index in [4.69, 9.17) is 4.74 Å². The topological polar surface area (TPSA) is 157 Å². The Kier molecular flexibility index (Phi) is 8.89. The van der Waals surface area contributed by atoms with Crippen molar-refractivity contribution in [3.05, 3.63) is 28.3 Å². The maximum Gasteiger partial charge on any atom is 0.320 e. The van der Waals surface area contributed by atoms with Gasteiger partial charge in [0.05, 0.1) is 10.6 Å². The predicted octanol–water partition coefficient (Wildman–Crippen LogP) is 2.58. The van der Waals surface area contributed by atoms with Gasteiger partial charge in [0.25, 0.3) is 5.69 Å². The zero-order valence-electron chi connectivity index (χ0n) is 19.1. The third-order valence-corrected chi connectivity index (χ3v) is 4.78. The van der Waals surface area contributed by atoms with Crippen molar-refractivity contribution in [2.24, 2.45) is 0 Å². The van der Waals surface area contributed by atoms with E-state index < -0.39 is 47.0 Å². The van der Waals surface area contributed by atoms with Crippen molar-refractivity contribution in [3.8, 4) is 5.75 Å². The van der Waals surface area contributed by atoms with Gasteiger partial charge in [-0.15, -0.1) is 0 Å². The second-order valence-electron chi connectivity index (χ2n) is 9.01. The minimum Gasteiger partial charge on any atom is -0.424 e. The number of rotatable bonds is 8. The zero-order chi connectivity index (χ0) is 24.6. The van der Waals surface area contributed by atoms with Crippen molar-refractivity contribution in [2.75, 3.05) is 5.32 Å². The maximum atomic E-state index is 12.3. The highest BCUT2D eigenvalue weighted by atomic mass is 16.6. The molecule has 0 bridgehead atoms. The van der Waals surface area contributed by atoms with Crippen LogP contribution in [0.25, 0.3) is 0 Å². The summed E-state index contributed by atoms with van der Waals surface area (Å²) in [6.45, 7) is 5.27. The first-order valence-corrected chi connectivity index (χ1v) is 10.8. The van der Waals surface area contributed by atoms with Gasteiger partial charge in [0.1, 0.15) is 12.8 Å². The molecule has 0 saturated heterocycles. The van der Waals surface area contributed by atoms with E-state index in [9.17, 15) is 29.3 Å². The van der Waals surface area contributed by atoms with Crippen molar-refractivity contribution >= 4 is 35.1 Å². The van der Waals surface area contributed by atoms with Crippen LogP contribution in [0.3, 0.4) is 0 Å². The highest BCUT2D eigenvalue weighted by molar-refractivity contribution is 6.04. The van der Waals surface area contributed by atoms with Crippen molar-refractivity contribution in [1.82, 2.24) is 10.6 Å². The molecule has 0 heterocycles. The quantitative estimate of drug-likeness (QED) is 0.176. The van der Waals surface area contributed by atoms with Crippen molar-refractivity contribution in [1.29, 1.82) is 0 Å². The number of nitro benzene ring substituents is 1. The predicted molar refractivity (Wildman–Crippen MR) is 120 cm³/mol. The van der Waals surface area contributed by atoms with Gasteiger partial charge in [0.2, 0.25) is 17.7 Å². The molecule has 33 heavy (non-hydrogen) atoms. The fraction of sp³-hybridized carbons (Fsp3) is 0.545. The van der Waals surface area contributed by atoms with Gasteiger partial charge in [0, 0.05) is 23.7 Å². The first-order valence-electron chi connectivity index (χ1n) is 10.8. The molecule has 3 amide bonds. The minimum atomic E-state index is -0.877. The first kappa shape index (κ1) is 25.8. The summed E-state index contributed by atoms with van der Waals surface area (Å²) in [5, 5.41) is 18.9. The van der Waals surface area contributed by atoms with Crippen LogP contribution in [0.5, 0.6) is 5.75 Å². The molecular weight excluding hydrogens is 432 g/mol. The lowest BCUT2D eigenvalue weighted by molar-refractivity contribution is -0.384. The summed E-state index contributed by atoms with van der Waals surface area (Å²) < 4.78 is 5.19. The number of ether oxygens (including phenoxy) is 1. The maximum absolute atomic E-state index is 12.3.